The molecule has 0 aliphatic carbocycles. The van der Waals surface area contributed by atoms with Crippen LogP contribution in [0.1, 0.15) is 47.5 Å². The van der Waals surface area contributed by atoms with Gasteiger partial charge >= 0.3 is 0 Å². The number of ether oxygens (including phenoxy) is 3. The molecule has 0 aliphatic heterocycles. The predicted octanol–water partition coefficient (Wildman–Crippen LogP) is 5.43. The van der Waals surface area contributed by atoms with Crippen molar-refractivity contribution in [2.75, 3.05) is 20.3 Å². The van der Waals surface area contributed by atoms with Gasteiger partial charge in [-0.15, -0.1) is 6.58 Å². The highest BCUT2D eigenvalue weighted by molar-refractivity contribution is 5.36. The lowest BCUT2D eigenvalue weighted by atomic mass is 9.92. The van der Waals surface area contributed by atoms with E-state index in [1.165, 1.54) is 5.57 Å². The minimum absolute atomic E-state index is 0.202. The fraction of sp³-hybridized carbons (Fsp3) is 0.571. The molecule has 0 saturated carbocycles. The Balaban J connectivity index is 0. The normalized spacial score (nSPS) is 11.7. The fourth-order valence-corrected chi connectivity index (χ4v) is 1.68. The van der Waals surface area contributed by atoms with Gasteiger partial charge in [-0.05, 0) is 37.7 Å². The standard InChI is InChI=1S/C17H28O4.C4H8/c1-13(2)7-8-14(3)16(5)17(11-15(4)19-6)21-10-9-20-12-18;1-4(2)3/h11-14H,4-5,7-10H2,1-3,6H3;1H2,2-3H3/b17-11+;. The summed E-state index contributed by atoms with van der Waals surface area (Å²) in [5.41, 5.74) is 2.07. The quantitative estimate of drug-likeness (QED) is 0.154. The second kappa shape index (κ2) is 15.6. The van der Waals surface area contributed by atoms with Gasteiger partial charge in [-0.25, -0.2) is 0 Å². The van der Waals surface area contributed by atoms with Crippen LogP contribution in [0.25, 0.3) is 0 Å². The van der Waals surface area contributed by atoms with E-state index in [-0.39, 0.29) is 13.2 Å². The molecule has 0 bridgehead atoms. The monoisotopic (exact) mass is 352 g/mol. The van der Waals surface area contributed by atoms with E-state index in [2.05, 4.69) is 45.2 Å². The molecule has 25 heavy (non-hydrogen) atoms. The lowest BCUT2D eigenvalue weighted by molar-refractivity contribution is -0.129. The maximum atomic E-state index is 10.1. The first-order valence-electron chi connectivity index (χ1n) is 8.59. The molecule has 1 atom stereocenters. The van der Waals surface area contributed by atoms with Crippen LogP contribution in [0.5, 0.6) is 0 Å². The van der Waals surface area contributed by atoms with Crippen LogP contribution in [0, 0.1) is 11.8 Å². The van der Waals surface area contributed by atoms with Crippen molar-refractivity contribution in [3.63, 3.8) is 0 Å². The Morgan fingerprint density at radius 1 is 1.04 bits per heavy atom. The number of allylic oxidation sites excluding steroid dienone is 3. The van der Waals surface area contributed by atoms with Crippen molar-refractivity contribution in [2.24, 2.45) is 11.8 Å². The molecule has 0 aromatic rings. The first-order chi connectivity index (χ1) is 11.6. The van der Waals surface area contributed by atoms with Crippen LogP contribution in [-0.2, 0) is 19.0 Å². The van der Waals surface area contributed by atoms with E-state index in [0.717, 1.165) is 18.4 Å². The molecule has 0 radical (unpaired) electrons. The molecule has 0 fully saturated rings. The Bertz CT molecular complexity index is 443. The van der Waals surface area contributed by atoms with Gasteiger partial charge in [0.15, 0.2) is 0 Å². The highest BCUT2D eigenvalue weighted by atomic mass is 16.5. The highest BCUT2D eigenvalue weighted by Gasteiger charge is 2.14. The van der Waals surface area contributed by atoms with Gasteiger partial charge in [0.05, 0.1) is 7.11 Å². The Labute approximate surface area is 154 Å². The summed E-state index contributed by atoms with van der Waals surface area (Å²) in [7, 11) is 1.55. The maximum absolute atomic E-state index is 10.1. The maximum Gasteiger partial charge on any atom is 0.293 e. The second-order valence-electron chi connectivity index (χ2n) is 6.60. The van der Waals surface area contributed by atoms with Crippen molar-refractivity contribution < 1.29 is 19.0 Å². The van der Waals surface area contributed by atoms with Crippen molar-refractivity contribution in [2.45, 2.75) is 47.5 Å². The molecule has 4 heteroatoms. The Kier molecular flexibility index (Phi) is 15.7. The summed E-state index contributed by atoms with van der Waals surface area (Å²) in [6.45, 7) is 22.8. The molecule has 0 N–H and O–H groups in total. The average Bonchev–Trinajstić information content (AvgIpc) is 2.53. The first kappa shape index (κ1) is 25.3. The van der Waals surface area contributed by atoms with Crippen molar-refractivity contribution in [1.29, 1.82) is 0 Å². The van der Waals surface area contributed by atoms with Gasteiger partial charge in [0.25, 0.3) is 6.47 Å². The van der Waals surface area contributed by atoms with E-state index >= 15 is 0 Å². The molecule has 0 heterocycles. The summed E-state index contributed by atoms with van der Waals surface area (Å²) in [6.07, 6.45) is 3.89. The molecule has 0 aromatic heterocycles. The Morgan fingerprint density at radius 2 is 1.60 bits per heavy atom. The molecule has 0 aromatic carbocycles. The molecular formula is C21H36O4. The zero-order chi connectivity index (χ0) is 19.8. The summed E-state index contributed by atoms with van der Waals surface area (Å²) >= 11 is 0. The Hall–Kier alpha value is -1.97. The van der Waals surface area contributed by atoms with Gasteiger partial charge < -0.3 is 14.2 Å². The number of methoxy groups -OCH3 is 1. The first-order valence-corrected chi connectivity index (χ1v) is 8.59. The van der Waals surface area contributed by atoms with Gasteiger partial charge in [-0.2, -0.15) is 0 Å². The molecular weight excluding hydrogens is 316 g/mol. The van der Waals surface area contributed by atoms with Crippen LogP contribution in [0.15, 0.2) is 48.5 Å². The number of rotatable bonds is 12. The van der Waals surface area contributed by atoms with Gasteiger partial charge in [0, 0.05) is 6.08 Å². The minimum Gasteiger partial charge on any atom is -0.497 e. The smallest absolute Gasteiger partial charge is 0.293 e. The molecule has 4 nitrogen and oxygen atoms in total. The van der Waals surface area contributed by atoms with Crippen LogP contribution in [0.3, 0.4) is 0 Å². The van der Waals surface area contributed by atoms with Crippen LogP contribution < -0.4 is 0 Å². The van der Waals surface area contributed by atoms with E-state index in [1.807, 2.05) is 13.8 Å². The molecule has 1 unspecified atom stereocenters. The summed E-state index contributed by atoms with van der Waals surface area (Å²) in [5, 5.41) is 0. The molecule has 144 valence electrons. The van der Waals surface area contributed by atoms with E-state index in [4.69, 9.17) is 9.47 Å². The van der Waals surface area contributed by atoms with Gasteiger partial charge in [0.2, 0.25) is 0 Å². The SMILES string of the molecule is C=C(/C=C(/OCCOC=O)C(=C)C(C)CCC(C)C)OC.C=C(C)C. The Morgan fingerprint density at radius 3 is 2.04 bits per heavy atom. The van der Waals surface area contributed by atoms with Crippen LogP contribution in [-0.4, -0.2) is 26.8 Å². The fourth-order valence-electron chi connectivity index (χ4n) is 1.68. The largest absolute Gasteiger partial charge is 0.497 e. The summed E-state index contributed by atoms with van der Waals surface area (Å²) in [6, 6.07) is 0. The number of hydrogen-bond acceptors (Lipinski definition) is 4. The van der Waals surface area contributed by atoms with Crippen LogP contribution >= 0.6 is 0 Å². The average molecular weight is 353 g/mol. The lowest BCUT2D eigenvalue weighted by Crippen LogP contribution is -2.09. The third-order valence-corrected chi connectivity index (χ3v) is 3.17. The summed E-state index contributed by atoms with van der Waals surface area (Å²) < 4.78 is 15.3. The van der Waals surface area contributed by atoms with Crippen molar-refractivity contribution in [3.8, 4) is 0 Å². The van der Waals surface area contributed by atoms with Gasteiger partial charge in [-0.3, -0.25) is 4.79 Å². The molecule has 0 aliphatic rings. The summed E-state index contributed by atoms with van der Waals surface area (Å²) in [4.78, 5) is 10.1. The van der Waals surface area contributed by atoms with E-state index in [1.54, 1.807) is 13.2 Å². The van der Waals surface area contributed by atoms with Crippen molar-refractivity contribution >= 4 is 6.47 Å². The van der Waals surface area contributed by atoms with Crippen LogP contribution in [0.4, 0.5) is 0 Å². The molecule has 0 rings (SSSR count). The van der Waals surface area contributed by atoms with E-state index < -0.39 is 0 Å². The third kappa shape index (κ3) is 16.7. The predicted molar refractivity (Wildman–Crippen MR) is 105 cm³/mol. The van der Waals surface area contributed by atoms with E-state index in [0.29, 0.717) is 29.8 Å². The zero-order valence-corrected chi connectivity index (χ0v) is 16.9. The zero-order valence-electron chi connectivity index (χ0n) is 16.9. The molecule has 0 amide bonds. The van der Waals surface area contributed by atoms with Gasteiger partial charge in [-0.1, -0.05) is 45.9 Å². The third-order valence-electron chi connectivity index (χ3n) is 3.17. The highest BCUT2D eigenvalue weighted by Crippen LogP contribution is 2.25. The minimum atomic E-state index is 0.202. The van der Waals surface area contributed by atoms with Crippen molar-refractivity contribution in [1.82, 2.24) is 0 Å². The number of carbonyl (C=O) groups excluding carboxylic acids is 1. The van der Waals surface area contributed by atoms with Crippen LogP contribution in [0.2, 0.25) is 0 Å². The summed E-state index contributed by atoms with van der Waals surface area (Å²) in [5.74, 6) is 2.09. The number of carbonyl (C=O) groups is 1. The number of hydrogen-bond donors (Lipinski definition) is 0. The second-order valence-corrected chi connectivity index (χ2v) is 6.60. The molecule has 0 saturated heterocycles. The molecule has 0 spiro atoms. The van der Waals surface area contributed by atoms with Crippen molar-refractivity contribution in [3.05, 3.63) is 48.5 Å². The topological polar surface area (TPSA) is 44.8 Å². The van der Waals surface area contributed by atoms with Gasteiger partial charge in [0.1, 0.15) is 24.7 Å². The van der Waals surface area contributed by atoms with E-state index in [9.17, 15) is 4.79 Å². The lowest BCUT2D eigenvalue weighted by Gasteiger charge is -2.19.